The molecular weight excluding hydrogens is 178 g/mol. The molecule has 4 atom stereocenters. The van der Waals surface area contributed by atoms with Crippen LogP contribution in [0, 0.1) is 0 Å². The summed E-state index contributed by atoms with van der Waals surface area (Å²) in [6, 6.07) is 8.07. The van der Waals surface area contributed by atoms with Gasteiger partial charge in [-0.25, -0.2) is 0 Å². The average molecular weight is 191 g/mol. The molecule has 1 aromatic rings. The Hall–Kier alpha value is -1.06. The number of hydrogen-bond donors (Lipinski definition) is 3. The van der Waals surface area contributed by atoms with Gasteiger partial charge in [0, 0.05) is 11.6 Å². The zero-order valence-corrected chi connectivity index (χ0v) is 7.72. The first-order chi connectivity index (χ1) is 6.77. The maximum Gasteiger partial charge on any atom is 0.101 e. The Bertz CT molecular complexity index is 366. The van der Waals surface area contributed by atoms with Crippen LogP contribution in [-0.4, -0.2) is 28.5 Å². The maximum atomic E-state index is 9.73. The van der Waals surface area contributed by atoms with Gasteiger partial charge < -0.3 is 15.5 Å². The summed E-state index contributed by atoms with van der Waals surface area (Å²) in [5.41, 5.74) is 2.33. The summed E-state index contributed by atoms with van der Waals surface area (Å²) in [5, 5.41) is 22.5. The number of aliphatic hydroxyl groups is 2. The van der Waals surface area contributed by atoms with Crippen LogP contribution in [0.2, 0.25) is 0 Å². The molecule has 3 heteroatoms. The van der Waals surface area contributed by atoms with E-state index in [0.29, 0.717) is 6.42 Å². The van der Waals surface area contributed by atoms with E-state index >= 15 is 0 Å². The molecule has 0 spiro atoms. The number of benzene rings is 1. The molecular formula is C11H13NO2. The van der Waals surface area contributed by atoms with E-state index < -0.39 is 12.2 Å². The first-order valence-electron chi connectivity index (χ1n) is 4.99. The highest BCUT2D eigenvalue weighted by Gasteiger charge is 2.46. The Kier molecular flexibility index (Phi) is 1.60. The van der Waals surface area contributed by atoms with Crippen LogP contribution < -0.4 is 5.32 Å². The molecule has 1 heterocycles. The SMILES string of the molecule is OC1CC2c3ccccc3NC2C1O. The van der Waals surface area contributed by atoms with Crippen LogP contribution in [0.3, 0.4) is 0 Å². The average Bonchev–Trinajstić information content (AvgIpc) is 2.67. The molecule has 3 N–H and O–H groups in total. The lowest BCUT2D eigenvalue weighted by Gasteiger charge is -2.15. The van der Waals surface area contributed by atoms with Crippen molar-refractivity contribution in [1.82, 2.24) is 0 Å². The monoisotopic (exact) mass is 191 g/mol. The molecule has 3 nitrogen and oxygen atoms in total. The molecule has 0 saturated heterocycles. The van der Waals surface area contributed by atoms with Crippen molar-refractivity contribution in [3.8, 4) is 0 Å². The molecule has 1 aliphatic carbocycles. The van der Waals surface area contributed by atoms with Gasteiger partial charge in [0.2, 0.25) is 0 Å². The number of para-hydroxylation sites is 1. The van der Waals surface area contributed by atoms with Gasteiger partial charge in [-0.15, -0.1) is 0 Å². The van der Waals surface area contributed by atoms with Gasteiger partial charge in [-0.05, 0) is 18.1 Å². The molecule has 0 radical (unpaired) electrons. The van der Waals surface area contributed by atoms with Gasteiger partial charge >= 0.3 is 0 Å². The van der Waals surface area contributed by atoms with Crippen LogP contribution in [0.5, 0.6) is 0 Å². The zero-order valence-electron chi connectivity index (χ0n) is 7.72. The lowest BCUT2D eigenvalue weighted by Crippen LogP contribution is -2.33. The number of aliphatic hydroxyl groups excluding tert-OH is 2. The van der Waals surface area contributed by atoms with E-state index in [1.807, 2.05) is 18.2 Å². The second kappa shape index (κ2) is 2.72. The van der Waals surface area contributed by atoms with E-state index in [1.165, 1.54) is 5.56 Å². The quantitative estimate of drug-likeness (QED) is 0.565. The minimum Gasteiger partial charge on any atom is -0.390 e. The number of hydrogen-bond acceptors (Lipinski definition) is 3. The normalized spacial score (nSPS) is 39.0. The molecule has 1 aromatic carbocycles. The van der Waals surface area contributed by atoms with Crippen molar-refractivity contribution in [3.05, 3.63) is 29.8 Å². The highest BCUT2D eigenvalue weighted by molar-refractivity contribution is 5.60. The van der Waals surface area contributed by atoms with E-state index in [2.05, 4.69) is 11.4 Å². The van der Waals surface area contributed by atoms with Crippen molar-refractivity contribution < 1.29 is 10.2 Å². The smallest absolute Gasteiger partial charge is 0.101 e. The van der Waals surface area contributed by atoms with Crippen LogP contribution in [0.1, 0.15) is 17.9 Å². The van der Waals surface area contributed by atoms with Crippen molar-refractivity contribution in [3.63, 3.8) is 0 Å². The highest BCUT2D eigenvalue weighted by Crippen LogP contribution is 2.45. The largest absolute Gasteiger partial charge is 0.390 e. The van der Waals surface area contributed by atoms with Crippen molar-refractivity contribution in [1.29, 1.82) is 0 Å². The molecule has 0 aromatic heterocycles. The molecule has 4 unspecified atom stereocenters. The molecule has 3 rings (SSSR count). The van der Waals surface area contributed by atoms with Gasteiger partial charge in [0.1, 0.15) is 6.10 Å². The highest BCUT2D eigenvalue weighted by atomic mass is 16.3. The second-order valence-corrected chi connectivity index (χ2v) is 4.16. The molecule has 2 aliphatic rings. The Labute approximate surface area is 82.4 Å². The lowest BCUT2D eigenvalue weighted by molar-refractivity contribution is 0.0393. The number of fused-ring (bicyclic) bond motifs is 3. The van der Waals surface area contributed by atoms with Crippen molar-refractivity contribution in [2.45, 2.75) is 30.6 Å². The predicted molar refractivity (Wildman–Crippen MR) is 53.2 cm³/mol. The Balaban J connectivity index is 2.02. The van der Waals surface area contributed by atoms with E-state index in [0.717, 1.165) is 5.69 Å². The molecule has 74 valence electrons. The van der Waals surface area contributed by atoms with Gasteiger partial charge in [0.15, 0.2) is 0 Å². The third-order valence-corrected chi connectivity index (χ3v) is 3.37. The summed E-state index contributed by atoms with van der Waals surface area (Å²) >= 11 is 0. The predicted octanol–water partition coefficient (Wildman–Crippen LogP) is 0.690. The third kappa shape index (κ3) is 0.938. The molecule has 1 fully saturated rings. The van der Waals surface area contributed by atoms with Crippen LogP contribution in [0.4, 0.5) is 5.69 Å². The van der Waals surface area contributed by atoms with Gasteiger partial charge in [-0.3, -0.25) is 0 Å². The summed E-state index contributed by atoms with van der Waals surface area (Å²) < 4.78 is 0. The summed E-state index contributed by atoms with van der Waals surface area (Å²) in [6.07, 6.45) is -0.547. The standard InChI is InChI=1S/C11H13NO2/c13-9-5-7-6-3-1-2-4-8(6)12-10(7)11(9)14/h1-4,7,9-14H,5H2. The lowest BCUT2D eigenvalue weighted by atomic mass is 9.97. The summed E-state index contributed by atoms with van der Waals surface area (Å²) in [4.78, 5) is 0. The van der Waals surface area contributed by atoms with Gasteiger partial charge in [0.05, 0.1) is 12.1 Å². The van der Waals surface area contributed by atoms with E-state index in [9.17, 15) is 10.2 Å². The van der Waals surface area contributed by atoms with Gasteiger partial charge in [-0.2, -0.15) is 0 Å². The summed E-state index contributed by atoms with van der Waals surface area (Å²) in [5.74, 6) is 0.274. The minimum absolute atomic E-state index is 0.00222. The van der Waals surface area contributed by atoms with Crippen LogP contribution in [-0.2, 0) is 0 Å². The first-order valence-corrected chi connectivity index (χ1v) is 4.99. The Morgan fingerprint density at radius 2 is 2.00 bits per heavy atom. The number of anilines is 1. The van der Waals surface area contributed by atoms with Crippen LogP contribution in [0.15, 0.2) is 24.3 Å². The van der Waals surface area contributed by atoms with E-state index in [4.69, 9.17) is 0 Å². The van der Waals surface area contributed by atoms with Gasteiger partial charge in [-0.1, -0.05) is 18.2 Å². The van der Waals surface area contributed by atoms with Gasteiger partial charge in [0.25, 0.3) is 0 Å². The summed E-state index contributed by atoms with van der Waals surface area (Å²) in [6.45, 7) is 0. The molecule has 0 amide bonds. The number of rotatable bonds is 0. The maximum absolute atomic E-state index is 9.73. The van der Waals surface area contributed by atoms with Crippen LogP contribution >= 0.6 is 0 Å². The fourth-order valence-electron chi connectivity index (χ4n) is 2.66. The van der Waals surface area contributed by atoms with Crippen molar-refractivity contribution in [2.75, 3.05) is 5.32 Å². The summed E-state index contributed by atoms with van der Waals surface area (Å²) in [7, 11) is 0. The van der Waals surface area contributed by atoms with Crippen molar-refractivity contribution >= 4 is 5.69 Å². The zero-order chi connectivity index (χ0) is 9.71. The molecule has 1 saturated carbocycles. The number of nitrogens with one attached hydrogen (secondary N) is 1. The first kappa shape index (κ1) is 8.26. The molecule has 1 aliphatic heterocycles. The van der Waals surface area contributed by atoms with E-state index in [1.54, 1.807) is 0 Å². The molecule has 0 bridgehead atoms. The fourth-order valence-corrected chi connectivity index (χ4v) is 2.66. The van der Waals surface area contributed by atoms with E-state index in [-0.39, 0.29) is 12.0 Å². The third-order valence-electron chi connectivity index (χ3n) is 3.37. The van der Waals surface area contributed by atoms with Crippen molar-refractivity contribution in [2.24, 2.45) is 0 Å². The van der Waals surface area contributed by atoms with Crippen LogP contribution in [0.25, 0.3) is 0 Å². The Morgan fingerprint density at radius 3 is 2.86 bits per heavy atom. The fraction of sp³-hybridized carbons (Fsp3) is 0.455. The Morgan fingerprint density at radius 1 is 1.21 bits per heavy atom. The second-order valence-electron chi connectivity index (χ2n) is 4.16. The minimum atomic E-state index is -0.632. The molecule has 14 heavy (non-hydrogen) atoms. The topological polar surface area (TPSA) is 52.5 Å².